The molecule has 3 rings (SSSR count). The molecule has 1 amide bonds. The number of carbonyl (C=O) groups excluding carboxylic acids is 1. The van der Waals surface area contributed by atoms with Gasteiger partial charge in [0.1, 0.15) is 5.69 Å². The predicted molar refractivity (Wildman–Crippen MR) is 123 cm³/mol. The van der Waals surface area contributed by atoms with Gasteiger partial charge in [0.25, 0.3) is 11.6 Å². The summed E-state index contributed by atoms with van der Waals surface area (Å²) in [5, 5.41) is 12.3. The molecule has 1 fully saturated rings. The molecule has 0 aliphatic carbocycles. The van der Waals surface area contributed by atoms with Crippen molar-refractivity contribution in [2.75, 3.05) is 44.2 Å². The highest BCUT2D eigenvalue weighted by molar-refractivity contribution is 7.89. The Bertz CT molecular complexity index is 1100. The van der Waals surface area contributed by atoms with E-state index in [4.69, 9.17) is 11.6 Å². The minimum Gasteiger partial charge on any atom is -0.362 e. The highest BCUT2D eigenvalue weighted by Gasteiger charge is 2.29. The molecule has 2 aromatic carbocycles. The van der Waals surface area contributed by atoms with Crippen LogP contribution < -0.4 is 4.90 Å². The summed E-state index contributed by atoms with van der Waals surface area (Å²) in [6.45, 7) is 5.54. The van der Waals surface area contributed by atoms with Gasteiger partial charge in [-0.2, -0.15) is 4.31 Å². The van der Waals surface area contributed by atoms with Crippen LogP contribution >= 0.6 is 11.6 Å². The predicted octanol–water partition coefficient (Wildman–Crippen LogP) is 3.24. The minimum absolute atomic E-state index is 0.104. The van der Waals surface area contributed by atoms with Crippen LogP contribution in [0, 0.1) is 10.1 Å². The molecule has 0 aromatic heterocycles. The maximum absolute atomic E-state index is 12.8. The number of halogens is 1. The number of hydrogen-bond acceptors (Lipinski definition) is 6. The average molecular weight is 481 g/mol. The summed E-state index contributed by atoms with van der Waals surface area (Å²) in [5.41, 5.74) is 0.600. The van der Waals surface area contributed by atoms with Crippen molar-refractivity contribution in [3.63, 3.8) is 0 Å². The summed E-state index contributed by atoms with van der Waals surface area (Å²) in [5.74, 6) is -0.128. The van der Waals surface area contributed by atoms with E-state index >= 15 is 0 Å². The zero-order valence-electron chi connectivity index (χ0n) is 17.9. The zero-order valence-corrected chi connectivity index (χ0v) is 19.5. The van der Waals surface area contributed by atoms with Crippen molar-refractivity contribution in [2.24, 2.45) is 0 Å². The van der Waals surface area contributed by atoms with E-state index in [0.29, 0.717) is 42.5 Å². The number of nitro groups is 1. The Kier molecular flexibility index (Phi) is 7.37. The van der Waals surface area contributed by atoms with E-state index < -0.39 is 14.9 Å². The van der Waals surface area contributed by atoms with Gasteiger partial charge in [0.15, 0.2) is 0 Å². The van der Waals surface area contributed by atoms with E-state index in [9.17, 15) is 23.3 Å². The van der Waals surface area contributed by atoms with Crippen molar-refractivity contribution in [3.8, 4) is 0 Å². The number of rotatable bonds is 7. The lowest BCUT2D eigenvalue weighted by atomic mass is 10.1. The Balaban J connectivity index is 1.79. The molecule has 172 valence electrons. The maximum atomic E-state index is 12.8. The number of hydrogen-bond donors (Lipinski definition) is 0. The Labute approximate surface area is 192 Å². The van der Waals surface area contributed by atoms with E-state index in [1.807, 2.05) is 0 Å². The summed E-state index contributed by atoms with van der Waals surface area (Å²) in [4.78, 5) is 27.2. The standard InChI is InChI=1S/C21H25ClN4O5S/c1-3-25(4-2)32(30,31)18-9-10-19(20(15-18)26(28)29)23-11-13-24(14-12-23)21(27)16-5-7-17(22)8-6-16/h5-10,15H,3-4,11-14H2,1-2H3. The largest absolute Gasteiger partial charge is 0.362 e. The van der Waals surface area contributed by atoms with Crippen molar-refractivity contribution >= 4 is 38.9 Å². The van der Waals surface area contributed by atoms with Crippen LogP contribution in [0.2, 0.25) is 5.02 Å². The number of benzene rings is 2. The fourth-order valence-electron chi connectivity index (χ4n) is 3.72. The molecule has 2 aromatic rings. The van der Waals surface area contributed by atoms with Gasteiger partial charge in [-0.15, -0.1) is 0 Å². The molecule has 0 spiro atoms. The van der Waals surface area contributed by atoms with Crippen LogP contribution in [0.5, 0.6) is 0 Å². The highest BCUT2D eigenvalue weighted by atomic mass is 35.5. The summed E-state index contributed by atoms with van der Waals surface area (Å²) in [7, 11) is -3.81. The first-order valence-electron chi connectivity index (χ1n) is 10.3. The second-order valence-electron chi connectivity index (χ2n) is 7.28. The van der Waals surface area contributed by atoms with Gasteiger partial charge in [-0.25, -0.2) is 8.42 Å². The summed E-state index contributed by atoms with van der Waals surface area (Å²) < 4.78 is 26.8. The lowest BCUT2D eigenvalue weighted by molar-refractivity contribution is -0.384. The van der Waals surface area contributed by atoms with Gasteiger partial charge in [0.2, 0.25) is 10.0 Å². The van der Waals surface area contributed by atoms with Crippen molar-refractivity contribution in [1.82, 2.24) is 9.21 Å². The number of nitrogens with zero attached hydrogens (tertiary/aromatic N) is 4. The number of sulfonamides is 1. The molecule has 0 radical (unpaired) electrons. The van der Waals surface area contributed by atoms with Gasteiger partial charge in [-0.05, 0) is 36.4 Å². The van der Waals surface area contributed by atoms with Crippen LogP contribution in [0.1, 0.15) is 24.2 Å². The Morgan fingerprint density at radius 1 is 1.06 bits per heavy atom. The molecule has 1 aliphatic heterocycles. The van der Waals surface area contributed by atoms with Gasteiger partial charge >= 0.3 is 0 Å². The molecule has 0 bridgehead atoms. The zero-order chi connectivity index (χ0) is 23.5. The van der Waals surface area contributed by atoms with Gasteiger partial charge in [-0.1, -0.05) is 25.4 Å². The normalized spacial score (nSPS) is 14.6. The molecule has 32 heavy (non-hydrogen) atoms. The topological polar surface area (TPSA) is 104 Å². The number of amides is 1. The average Bonchev–Trinajstić information content (AvgIpc) is 2.79. The summed E-state index contributed by atoms with van der Waals surface area (Å²) in [6.07, 6.45) is 0. The second kappa shape index (κ2) is 9.85. The van der Waals surface area contributed by atoms with Crippen LogP contribution in [0.25, 0.3) is 0 Å². The van der Waals surface area contributed by atoms with Crippen LogP contribution in [-0.2, 0) is 10.0 Å². The van der Waals surface area contributed by atoms with Crippen LogP contribution in [-0.4, -0.2) is 67.7 Å². The first-order chi connectivity index (χ1) is 15.2. The molecular weight excluding hydrogens is 456 g/mol. The smallest absolute Gasteiger partial charge is 0.293 e. The molecule has 11 heteroatoms. The highest BCUT2D eigenvalue weighted by Crippen LogP contribution is 2.32. The van der Waals surface area contributed by atoms with Crippen molar-refractivity contribution in [2.45, 2.75) is 18.7 Å². The lowest BCUT2D eigenvalue weighted by Gasteiger charge is -2.36. The third-order valence-electron chi connectivity index (χ3n) is 5.49. The van der Waals surface area contributed by atoms with Crippen molar-refractivity contribution in [1.29, 1.82) is 0 Å². The summed E-state index contributed by atoms with van der Waals surface area (Å²) >= 11 is 5.88. The van der Waals surface area contributed by atoms with E-state index in [1.54, 1.807) is 47.9 Å². The fourth-order valence-corrected chi connectivity index (χ4v) is 5.32. The SMILES string of the molecule is CCN(CC)S(=O)(=O)c1ccc(N2CCN(C(=O)c3ccc(Cl)cc3)CC2)c([N+](=O)[O-])c1. The first-order valence-corrected chi connectivity index (χ1v) is 12.1. The number of carbonyl (C=O) groups is 1. The molecule has 0 saturated carbocycles. The van der Waals surface area contributed by atoms with E-state index in [0.717, 1.165) is 6.07 Å². The molecule has 1 aliphatic rings. The quantitative estimate of drug-likeness (QED) is 0.445. The first kappa shape index (κ1) is 24.0. The van der Waals surface area contributed by atoms with E-state index in [1.165, 1.54) is 16.4 Å². The molecule has 1 saturated heterocycles. The van der Waals surface area contributed by atoms with E-state index in [2.05, 4.69) is 0 Å². The lowest BCUT2D eigenvalue weighted by Crippen LogP contribution is -2.49. The fraction of sp³-hybridized carbons (Fsp3) is 0.381. The van der Waals surface area contributed by atoms with Gasteiger partial charge in [-0.3, -0.25) is 14.9 Å². The van der Waals surface area contributed by atoms with E-state index in [-0.39, 0.29) is 29.6 Å². The van der Waals surface area contributed by atoms with Gasteiger partial charge in [0, 0.05) is 55.9 Å². The molecule has 0 atom stereocenters. The Morgan fingerprint density at radius 2 is 1.66 bits per heavy atom. The van der Waals surface area contributed by atoms with Crippen molar-refractivity contribution < 1.29 is 18.1 Å². The third kappa shape index (κ3) is 4.87. The number of piperazine rings is 1. The number of nitro benzene ring substituents is 1. The second-order valence-corrected chi connectivity index (χ2v) is 9.66. The minimum atomic E-state index is -3.81. The van der Waals surface area contributed by atoms with Gasteiger partial charge < -0.3 is 9.80 Å². The molecule has 0 N–H and O–H groups in total. The van der Waals surface area contributed by atoms with Crippen LogP contribution in [0.3, 0.4) is 0 Å². The molecule has 0 unspecified atom stereocenters. The van der Waals surface area contributed by atoms with Crippen LogP contribution in [0.15, 0.2) is 47.4 Å². The van der Waals surface area contributed by atoms with Crippen LogP contribution in [0.4, 0.5) is 11.4 Å². The Morgan fingerprint density at radius 3 is 2.19 bits per heavy atom. The number of anilines is 1. The Hall–Kier alpha value is -2.69. The monoisotopic (exact) mass is 480 g/mol. The molecular formula is C21H25ClN4O5S. The molecule has 1 heterocycles. The maximum Gasteiger partial charge on any atom is 0.293 e. The van der Waals surface area contributed by atoms with Gasteiger partial charge in [0.05, 0.1) is 9.82 Å². The van der Waals surface area contributed by atoms with Crippen molar-refractivity contribution in [3.05, 3.63) is 63.2 Å². The summed E-state index contributed by atoms with van der Waals surface area (Å²) in [6, 6.07) is 10.6. The molecule has 9 nitrogen and oxygen atoms in total. The third-order valence-corrected chi connectivity index (χ3v) is 7.78.